The number of benzene rings is 1. The van der Waals surface area contributed by atoms with E-state index in [1.807, 2.05) is 24.3 Å². The van der Waals surface area contributed by atoms with Crippen molar-refractivity contribution in [2.75, 3.05) is 19.6 Å². The van der Waals surface area contributed by atoms with Crippen LogP contribution in [0, 0.1) is 0 Å². The third kappa shape index (κ3) is 2.96. The summed E-state index contributed by atoms with van der Waals surface area (Å²) in [6.07, 6.45) is 2.32. The number of rotatable bonds is 4. The molecule has 1 unspecified atom stereocenters. The van der Waals surface area contributed by atoms with Gasteiger partial charge in [-0.2, -0.15) is 0 Å². The molecule has 3 heterocycles. The zero-order chi connectivity index (χ0) is 17.4. The summed E-state index contributed by atoms with van der Waals surface area (Å²) in [5, 5.41) is 4.62. The van der Waals surface area contributed by atoms with Crippen molar-refractivity contribution in [3.63, 3.8) is 0 Å². The Kier molecular flexibility index (Phi) is 4.31. The topological polar surface area (TPSA) is 65.2 Å². The van der Waals surface area contributed by atoms with Gasteiger partial charge in [0.1, 0.15) is 0 Å². The maximum absolute atomic E-state index is 12.6. The van der Waals surface area contributed by atoms with Crippen LogP contribution in [0.25, 0.3) is 21.0 Å². The molecule has 0 aliphatic carbocycles. The summed E-state index contributed by atoms with van der Waals surface area (Å²) in [5.74, 6) is -0.0902. The molecule has 3 aromatic rings. The van der Waals surface area contributed by atoms with Crippen LogP contribution in [-0.4, -0.2) is 41.5 Å². The van der Waals surface area contributed by atoms with E-state index in [4.69, 9.17) is 0 Å². The van der Waals surface area contributed by atoms with Gasteiger partial charge in [0.2, 0.25) is 0 Å². The SMILES string of the molecule is CCN1CCCC1CNC(=O)c1cc2c(=O)[nH]c3ccccc3c2s1. The number of pyridine rings is 1. The Labute approximate surface area is 149 Å². The van der Waals surface area contributed by atoms with E-state index in [9.17, 15) is 9.59 Å². The number of amides is 1. The van der Waals surface area contributed by atoms with Gasteiger partial charge in [0.05, 0.1) is 10.3 Å². The molecule has 25 heavy (non-hydrogen) atoms. The molecule has 1 fully saturated rings. The Bertz CT molecular complexity index is 991. The van der Waals surface area contributed by atoms with Crippen LogP contribution < -0.4 is 10.9 Å². The van der Waals surface area contributed by atoms with E-state index in [2.05, 4.69) is 22.1 Å². The Balaban J connectivity index is 1.61. The van der Waals surface area contributed by atoms with Crippen molar-refractivity contribution in [3.05, 3.63) is 45.6 Å². The first-order valence-corrected chi connectivity index (χ1v) is 9.56. The second-order valence-corrected chi connectivity index (χ2v) is 7.54. The Morgan fingerprint density at radius 1 is 1.36 bits per heavy atom. The summed E-state index contributed by atoms with van der Waals surface area (Å²) < 4.78 is 0.876. The van der Waals surface area contributed by atoms with Gasteiger partial charge < -0.3 is 10.3 Å². The highest BCUT2D eigenvalue weighted by Gasteiger charge is 2.23. The molecule has 6 heteroatoms. The molecule has 0 saturated carbocycles. The van der Waals surface area contributed by atoms with E-state index >= 15 is 0 Å². The van der Waals surface area contributed by atoms with Crippen LogP contribution in [0.3, 0.4) is 0 Å². The Morgan fingerprint density at radius 2 is 2.20 bits per heavy atom. The third-order valence-electron chi connectivity index (χ3n) is 5.02. The molecule has 0 spiro atoms. The summed E-state index contributed by atoms with van der Waals surface area (Å²) >= 11 is 1.39. The molecule has 2 aromatic heterocycles. The van der Waals surface area contributed by atoms with Crippen LogP contribution in [0.2, 0.25) is 0 Å². The molecule has 1 aliphatic rings. The number of fused-ring (bicyclic) bond motifs is 3. The lowest BCUT2D eigenvalue weighted by Crippen LogP contribution is -2.39. The number of carbonyl (C=O) groups is 1. The van der Waals surface area contributed by atoms with Crippen LogP contribution in [0.15, 0.2) is 35.1 Å². The monoisotopic (exact) mass is 355 g/mol. The van der Waals surface area contributed by atoms with Gasteiger partial charge >= 0.3 is 0 Å². The number of likely N-dealkylation sites (tertiary alicyclic amines) is 1. The zero-order valence-electron chi connectivity index (χ0n) is 14.2. The minimum atomic E-state index is -0.142. The predicted molar refractivity (Wildman–Crippen MR) is 103 cm³/mol. The van der Waals surface area contributed by atoms with Crippen molar-refractivity contribution < 1.29 is 4.79 Å². The molecular formula is C19H21N3O2S. The van der Waals surface area contributed by atoms with E-state index in [-0.39, 0.29) is 11.5 Å². The van der Waals surface area contributed by atoms with Gasteiger partial charge in [-0.25, -0.2) is 0 Å². The molecule has 5 nitrogen and oxygen atoms in total. The molecule has 0 radical (unpaired) electrons. The van der Waals surface area contributed by atoms with E-state index in [1.165, 1.54) is 17.8 Å². The average molecular weight is 355 g/mol. The van der Waals surface area contributed by atoms with Crippen LogP contribution in [0.4, 0.5) is 0 Å². The van der Waals surface area contributed by atoms with Crippen molar-refractivity contribution in [1.29, 1.82) is 0 Å². The first kappa shape index (κ1) is 16.3. The van der Waals surface area contributed by atoms with Crippen molar-refractivity contribution in [2.24, 2.45) is 0 Å². The quantitative estimate of drug-likeness (QED) is 0.756. The van der Waals surface area contributed by atoms with E-state index in [0.29, 0.717) is 22.8 Å². The minimum absolute atomic E-state index is 0.0902. The highest BCUT2D eigenvalue weighted by Crippen LogP contribution is 2.29. The lowest BCUT2D eigenvalue weighted by Gasteiger charge is -2.22. The molecule has 1 atom stereocenters. The lowest BCUT2D eigenvalue weighted by atomic mass is 10.2. The Morgan fingerprint density at radius 3 is 3.04 bits per heavy atom. The largest absolute Gasteiger partial charge is 0.350 e. The standard InChI is InChI=1S/C19H21N3O2S/c1-2-22-9-5-6-12(22)11-20-19(24)16-10-14-17(25-16)13-7-3-4-8-15(13)21-18(14)23/h3-4,7-8,10,12H,2,5-6,9,11H2,1H3,(H,20,24)(H,21,23). The normalized spacial score (nSPS) is 18.2. The van der Waals surface area contributed by atoms with Crippen molar-refractivity contribution in [2.45, 2.75) is 25.8 Å². The van der Waals surface area contributed by atoms with Crippen LogP contribution in [0.5, 0.6) is 0 Å². The third-order valence-corrected chi connectivity index (χ3v) is 6.19. The fourth-order valence-corrected chi connectivity index (χ4v) is 4.80. The number of hydrogen-bond donors (Lipinski definition) is 2. The summed E-state index contributed by atoms with van der Waals surface area (Å²) in [7, 11) is 0. The van der Waals surface area contributed by atoms with Crippen molar-refractivity contribution in [1.82, 2.24) is 15.2 Å². The first-order valence-electron chi connectivity index (χ1n) is 8.74. The predicted octanol–water partition coefficient (Wildman–Crippen LogP) is 2.96. The second kappa shape index (κ2) is 6.61. The summed E-state index contributed by atoms with van der Waals surface area (Å²) in [6, 6.07) is 9.84. The molecule has 1 aromatic carbocycles. The number of carbonyl (C=O) groups excluding carboxylic acids is 1. The molecular weight excluding hydrogens is 334 g/mol. The summed E-state index contributed by atoms with van der Waals surface area (Å²) in [4.78, 5) is 30.8. The Hall–Kier alpha value is -2.18. The van der Waals surface area contributed by atoms with Crippen molar-refractivity contribution in [3.8, 4) is 0 Å². The highest BCUT2D eigenvalue weighted by molar-refractivity contribution is 7.21. The first-order chi connectivity index (χ1) is 12.2. The second-order valence-electron chi connectivity index (χ2n) is 6.49. The minimum Gasteiger partial charge on any atom is -0.350 e. The molecule has 1 aliphatic heterocycles. The fourth-order valence-electron chi connectivity index (χ4n) is 3.69. The molecule has 1 amide bonds. The van der Waals surface area contributed by atoms with Crippen molar-refractivity contribution >= 4 is 38.2 Å². The van der Waals surface area contributed by atoms with E-state index in [0.717, 1.165) is 35.1 Å². The van der Waals surface area contributed by atoms with E-state index < -0.39 is 0 Å². The molecule has 4 rings (SSSR count). The van der Waals surface area contributed by atoms with Crippen LogP contribution >= 0.6 is 11.3 Å². The average Bonchev–Trinajstić information content (AvgIpc) is 3.27. The van der Waals surface area contributed by atoms with Gasteiger partial charge in [-0.3, -0.25) is 14.5 Å². The summed E-state index contributed by atoms with van der Waals surface area (Å²) in [6.45, 7) is 4.95. The number of hydrogen-bond acceptors (Lipinski definition) is 4. The number of H-pyrrole nitrogens is 1. The van der Waals surface area contributed by atoms with Crippen LogP contribution in [-0.2, 0) is 0 Å². The smallest absolute Gasteiger partial charge is 0.261 e. The number of aromatic nitrogens is 1. The van der Waals surface area contributed by atoms with E-state index in [1.54, 1.807) is 6.07 Å². The number of aromatic amines is 1. The van der Waals surface area contributed by atoms with Gasteiger partial charge in [0.25, 0.3) is 11.5 Å². The number of likely N-dealkylation sites (N-methyl/N-ethyl adjacent to an activating group) is 1. The molecule has 0 bridgehead atoms. The van der Waals surface area contributed by atoms with Gasteiger partial charge in [-0.05, 0) is 38.1 Å². The van der Waals surface area contributed by atoms with Gasteiger partial charge in [-0.1, -0.05) is 25.1 Å². The summed E-state index contributed by atoms with van der Waals surface area (Å²) in [5.41, 5.74) is 0.662. The number of para-hydroxylation sites is 1. The molecule has 2 N–H and O–H groups in total. The number of thiophene rings is 1. The lowest BCUT2D eigenvalue weighted by molar-refractivity contribution is 0.0945. The van der Waals surface area contributed by atoms with Crippen LogP contribution in [0.1, 0.15) is 29.4 Å². The van der Waals surface area contributed by atoms with Gasteiger partial charge in [0, 0.05) is 28.2 Å². The maximum atomic E-state index is 12.6. The highest BCUT2D eigenvalue weighted by atomic mass is 32.1. The van der Waals surface area contributed by atoms with Gasteiger partial charge in [0.15, 0.2) is 0 Å². The molecule has 130 valence electrons. The number of nitrogens with one attached hydrogen (secondary N) is 2. The van der Waals surface area contributed by atoms with Gasteiger partial charge in [-0.15, -0.1) is 11.3 Å². The maximum Gasteiger partial charge on any atom is 0.261 e. The number of nitrogens with zero attached hydrogens (tertiary/aromatic N) is 1. The zero-order valence-corrected chi connectivity index (χ0v) is 15.0. The fraction of sp³-hybridized carbons (Fsp3) is 0.368. The molecule has 1 saturated heterocycles.